The Hall–Kier alpha value is -2.70. The number of nitrogens with two attached hydrogens (primary N) is 1. The molecule has 5 nitrogen and oxygen atoms in total. The van der Waals surface area contributed by atoms with Gasteiger partial charge in [0.2, 0.25) is 0 Å². The number of hydrogen-bond acceptors (Lipinski definition) is 4. The lowest BCUT2D eigenvalue weighted by molar-refractivity contribution is 0.0595. The number of aliphatic hydroxyl groups is 1. The molecule has 0 aliphatic carbocycles. The fraction of sp³-hybridized carbons (Fsp3) is 0.250. The smallest absolute Gasteiger partial charge is 0.354 e. The van der Waals surface area contributed by atoms with Crippen LogP contribution in [-0.2, 0) is 11.2 Å². The summed E-state index contributed by atoms with van der Waals surface area (Å²) in [5.74, 6) is -0.911. The number of benzene rings is 2. The Bertz CT molecular complexity index is 932. The minimum Gasteiger partial charge on any atom is -0.464 e. The summed E-state index contributed by atoms with van der Waals surface area (Å²) >= 11 is 0. The number of carbonyl (C=O) groups excluding carboxylic acids is 1. The largest absolute Gasteiger partial charge is 0.464 e. The van der Waals surface area contributed by atoms with Gasteiger partial charge in [0, 0.05) is 17.5 Å². The van der Waals surface area contributed by atoms with Gasteiger partial charge in [0.1, 0.15) is 11.5 Å². The fourth-order valence-corrected chi connectivity index (χ4v) is 2.97. The van der Waals surface area contributed by atoms with E-state index in [4.69, 9.17) is 10.5 Å². The average Bonchev–Trinajstić information content (AvgIpc) is 3.10. The first-order valence-electron chi connectivity index (χ1n) is 8.36. The van der Waals surface area contributed by atoms with Crippen molar-refractivity contribution in [1.82, 2.24) is 4.98 Å². The minimum atomic E-state index is -0.427. The van der Waals surface area contributed by atoms with Crippen LogP contribution in [0, 0.1) is 11.7 Å². The van der Waals surface area contributed by atoms with Gasteiger partial charge in [-0.05, 0) is 59.8 Å². The molecule has 0 aliphatic heterocycles. The summed E-state index contributed by atoms with van der Waals surface area (Å²) in [6, 6.07) is 12.4. The molecule has 0 fully saturated rings. The summed E-state index contributed by atoms with van der Waals surface area (Å²) in [5, 5.41) is 10.2. The van der Waals surface area contributed by atoms with Crippen molar-refractivity contribution in [3.05, 3.63) is 59.5 Å². The van der Waals surface area contributed by atoms with Crippen LogP contribution in [0.3, 0.4) is 0 Å². The molecule has 3 aromatic rings. The van der Waals surface area contributed by atoms with Gasteiger partial charge >= 0.3 is 5.97 Å². The van der Waals surface area contributed by atoms with Crippen molar-refractivity contribution in [1.29, 1.82) is 0 Å². The molecule has 4 N–H and O–H groups in total. The van der Waals surface area contributed by atoms with Crippen molar-refractivity contribution in [2.45, 2.75) is 6.42 Å². The first kappa shape index (κ1) is 18.1. The second-order valence-electron chi connectivity index (χ2n) is 6.27. The summed E-state index contributed by atoms with van der Waals surface area (Å²) in [6.07, 6.45) is 0.379. The molecule has 1 aromatic heterocycles. The van der Waals surface area contributed by atoms with E-state index in [2.05, 4.69) is 4.98 Å². The molecule has 0 bridgehead atoms. The molecule has 0 spiro atoms. The molecule has 1 unspecified atom stereocenters. The SMILES string of the molecule is COC(=O)c1cc2ccc(-c3ccc(F)c(CC(CN)CO)c3)cc2[nH]1. The van der Waals surface area contributed by atoms with Crippen LogP contribution < -0.4 is 5.73 Å². The Morgan fingerprint density at radius 3 is 2.65 bits per heavy atom. The molecule has 136 valence electrons. The summed E-state index contributed by atoms with van der Waals surface area (Å²) in [6.45, 7) is 0.218. The Balaban J connectivity index is 1.96. The molecule has 1 atom stereocenters. The Morgan fingerprint density at radius 2 is 1.96 bits per heavy atom. The number of nitrogens with one attached hydrogen (secondary N) is 1. The number of fused-ring (bicyclic) bond motifs is 1. The van der Waals surface area contributed by atoms with E-state index >= 15 is 0 Å². The molecule has 0 radical (unpaired) electrons. The molecule has 0 amide bonds. The first-order chi connectivity index (χ1) is 12.5. The number of methoxy groups -OCH3 is 1. The third kappa shape index (κ3) is 3.61. The lowest BCUT2D eigenvalue weighted by Gasteiger charge is -2.13. The highest BCUT2D eigenvalue weighted by Gasteiger charge is 2.13. The van der Waals surface area contributed by atoms with Crippen LogP contribution in [0.2, 0.25) is 0 Å². The van der Waals surface area contributed by atoms with Gasteiger partial charge in [-0.15, -0.1) is 0 Å². The highest BCUT2D eigenvalue weighted by atomic mass is 19.1. The van der Waals surface area contributed by atoms with Crippen LogP contribution in [0.25, 0.3) is 22.0 Å². The van der Waals surface area contributed by atoms with Gasteiger partial charge in [-0.1, -0.05) is 18.2 Å². The molecular weight excluding hydrogens is 335 g/mol. The van der Waals surface area contributed by atoms with Crippen molar-refractivity contribution < 1.29 is 19.0 Å². The minimum absolute atomic E-state index is 0.0785. The van der Waals surface area contributed by atoms with Gasteiger partial charge in [-0.2, -0.15) is 0 Å². The molecular formula is C20H21FN2O3. The quantitative estimate of drug-likeness (QED) is 0.593. The van der Waals surface area contributed by atoms with Crippen LogP contribution in [0.5, 0.6) is 0 Å². The van der Waals surface area contributed by atoms with Crippen molar-refractivity contribution in [3.63, 3.8) is 0 Å². The highest BCUT2D eigenvalue weighted by molar-refractivity contribution is 5.96. The Labute approximate surface area is 150 Å². The number of H-pyrrole nitrogens is 1. The molecule has 3 rings (SSSR count). The van der Waals surface area contributed by atoms with E-state index in [1.165, 1.54) is 13.2 Å². The predicted molar refractivity (Wildman–Crippen MR) is 98.4 cm³/mol. The number of rotatable bonds is 6. The van der Waals surface area contributed by atoms with Gasteiger partial charge in [0.05, 0.1) is 7.11 Å². The van der Waals surface area contributed by atoms with Crippen LogP contribution >= 0.6 is 0 Å². The molecule has 1 heterocycles. The normalized spacial score (nSPS) is 12.3. The Kier molecular flexibility index (Phi) is 5.35. The zero-order valence-electron chi connectivity index (χ0n) is 14.5. The zero-order valence-corrected chi connectivity index (χ0v) is 14.5. The maximum absolute atomic E-state index is 14.1. The van der Waals surface area contributed by atoms with Crippen LogP contribution in [-0.4, -0.2) is 36.3 Å². The number of aromatic nitrogens is 1. The van der Waals surface area contributed by atoms with Crippen LogP contribution in [0.1, 0.15) is 16.1 Å². The van der Waals surface area contributed by atoms with Gasteiger partial charge < -0.3 is 20.6 Å². The Morgan fingerprint density at radius 1 is 1.23 bits per heavy atom. The number of aromatic amines is 1. The lowest BCUT2D eigenvalue weighted by atomic mass is 9.95. The van der Waals surface area contributed by atoms with E-state index in [1.807, 2.05) is 18.2 Å². The van der Waals surface area contributed by atoms with Crippen LogP contribution in [0.15, 0.2) is 42.5 Å². The number of halogens is 1. The van der Waals surface area contributed by atoms with E-state index in [-0.39, 0.29) is 18.3 Å². The number of hydrogen-bond donors (Lipinski definition) is 3. The summed E-state index contributed by atoms with van der Waals surface area (Å²) in [5.41, 5.74) is 9.05. The van der Waals surface area contributed by atoms with E-state index in [0.29, 0.717) is 24.2 Å². The van der Waals surface area contributed by atoms with E-state index < -0.39 is 5.97 Å². The number of esters is 1. The van der Waals surface area contributed by atoms with Gasteiger partial charge in [-0.25, -0.2) is 9.18 Å². The summed E-state index contributed by atoms with van der Waals surface area (Å²) in [4.78, 5) is 14.7. The topological polar surface area (TPSA) is 88.3 Å². The van der Waals surface area contributed by atoms with E-state index in [1.54, 1.807) is 18.2 Å². The maximum Gasteiger partial charge on any atom is 0.354 e. The van der Waals surface area contributed by atoms with Crippen molar-refractivity contribution in [2.75, 3.05) is 20.3 Å². The van der Waals surface area contributed by atoms with Crippen molar-refractivity contribution in [2.24, 2.45) is 11.7 Å². The maximum atomic E-state index is 14.1. The van der Waals surface area contributed by atoms with E-state index in [0.717, 1.165) is 22.0 Å². The monoisotopic (exact) mass is 356 g/mol. The molecule has 26 heavy (non-hydrogen) atoms. The molecule has 0 saturated carbocycles. The first-order valence-corrected chi connectivity index (χ1v) is 8.36. The number of carbonyl (C=O) groups is 1. The average molecular weight is 356 g/mol. The van der Waals surface area contributed by atoms with Crippen molar-refractivity contribution >= 4 is 16.9 Å². The highest BCUT2D eigenvalue weighted by Crippen LogP contribution is 2.27. The van der Waals surface area contributed by atoms with Gasteiger partial charge in [0.15, 0.2) is 0 Å². The predicted octanol–water partition coefficient (Wildman–Crippen LogP) is 2.87. The second kappa shape index (κ2) is 7.68. The fourth-order valence-electron chi connectivity index (χ4n) is 2.97. The third-order valence-electron chi connectivity index (χ3n) is 4.51. The number of ether oxygens (including phenoxy) is 1. The number of aliphatic hydroxyl groups excluding tert-OH is 1. The van der Waals surface area contributed by atoms with Crippen molar-refractivity contribution in [3.8, 4) is 11.1 Å². The van der Waals surface area contributed by atoms with E-state index in [9.17, 15) is 14.3 Å². The summed E-state index contributed by atoms with van der Waals surface area (Å²) < 4.78 is 18.8. The lowest BCUT2D eigenvalue weighted by Crippen LogP contribution is -2.20. The standard InChI is InChI=1S/C20H21FN2O3/c1-26-20(25)19-9-15-3-2-14(8-18(15)23-19)13-4-5-17(21)16(7-13)6-12(10-22)11-24/h2-5,7-9,12,23-24H,6,10-11,22H2,1H3. The molecule has 6 heteroatoms. The van der Waals surface area contributed by atoms with Gasteiger partial charge in [-0.3, -0.25) is 0 Å². The van der Waals surface area contributed by atoms with Crippen LogP contribution in [0.4, 0.5) is 4.39 Å². The third-order valence-corrected chi connectivity index (χ3v) is 4.51. The summed E-state index contributed by atoms with van der Waals surface area (Å²) in [7, 11) is 1.33. The molecule has 2 aromatic carbocycles. The zero-order chi connectivity index (χ0) is 18.7. The molecule has 0 aliphatic rings. The molecule has 0 saturated heterocycles. The second-order valence-corrected chi connectivity index (χ2v) is 6.27. The van der Waals surface area contributed by atoms with Gasteiger partial charge in [0.25, 0.3) is 0 Å².